The highest BCUT2D eigenvalue weighted by atomic mass is 16.1. The van der Waals surface area contributed by atoms with Gasteiger partial charge in [0.2, 0.25) is 0 Å². The van der Waals surface area contributed by atoms with Crippen LogP contribution in [-0.2, 0) is 12.8 Å². The van der Waals surface area contributed by atoms with Gasteiger partial charge in [0.25, 0.3) is 0 Å². The zero-order valence-corrected chi connectivity index (χ0v) is 12.9. The van der Waals surface area contributed by atoms with Crippen molar-refractivity contribution in [2.24, 2.45) is 0 Å². The van der Waals surface area contributed by atoms with Crippen LogP contribution in [0.1, 0.15) is 40.2 Å². The summed E-state index contributed by atoms with van der Waals surface area (Å²) in [4.78, 5) is 19.7. The molecule has 1 heterocycles. The molecule has 0 radical (unpaired) electrons. The molecule has 0 unspecified atom stereocenters. The van der Waals surface area contributed by atoms with Crippen molar-refractivity contribution in [1.29, 1.82) is 0 Å². The monoisotopic (exact) mass is 302 g/mol. The van der Waals surface area contributed by atoms with Gasteiger partial charge in [-0.05, 0) is 41.2 Å². The molecular formula is C20H18N2O. The molecular weight excluding hydrogens is 284 g/mol. The first kappa shape index (κ1) is 13.9. The van der Waals surface area contributed by atoms with Crippen LogP contribution in [0.2, 0.25) is 0 Å². The summed E-state index contributed by atoms with van der Waals surface area (Å²) in [6.07, 6.45) is 6.72. The van der Waals surface area contributed by atoms with E-state index in [0.717, 1.165) is 30.7 Å². The molecule has 0 fully saturated rings. The lowest BCUT2D eigenvalue weighted by Gasteiger charge is -2.05. The molecule has 0 atom stereocenters. The Bertz CT molecular complexity index is 850. The Kier molecular flexibility index (Phi) is 3.54. The zero-order chi connectivity index (χ0) is 15.6. The van der Waals surface area contributed by atoms with Crippen molar-refractivity contribution in [3.8, 4) is 11.1 Å². The molecule has 1 aliphatic rings. The first-order chi connectivity index (χ1) is 11.3. The molecule has 0 bridgehead atoms. The number of nitrogens with zero attached hydrogens (tertiary/aromatic N) is 1. The van der Waals surface area contributed by atoms with Crippen LogP contribution in [0.15, 0.2) is 54.9 Å². The average Bonchev–Trinajstić information content (AvgIpc) is 3.21. The summed E-state index contributed by atoms with van der Waals surface area (Å²) in [5.74, 6) is 1.16. The maximum absolute atomic E-state index is 12.5. The topological polar surface area (TPSA) is 45.8 Å². The number of carbonyl (C=O) groups is 1. The number of fused-ring (bicyclic) bond motifs is 3. The Balaban J connectivity index is 1.49. The lowest BCUT2D eigenvalue weighted by Crippen LogP contribution is -2.01. The van der Waals surface area contributed by atoms with Crippen LogP contribution in [0, 0.1) is 0 Å². The Labute approximate surface area is 135 Å². The minimum Gasteiger partial charge on any atom is -0.349 e. The number of Topliss-reactive ketones (excluding diaryl/α,β-unsaturated/α-hetero) is 1. The van der Waals surface area contributed by atoms with E-state index >= 15 is 0 Å². The fraction of sp³-hybridized carbons (Fsp3) is 0.200. The smallest absolute Gasteiger partial charge is 0.162 e. The Morgan fingerprint density at radius 3 is 2.83 bits per heavy atom. The van der Waals surface area contributed by atoms with Crippen molar-refractivity contribution in [3.05, 3.63) is 77.4 Å². The standard InChI is InChI=1S/C20H18N2O/c23-19(6-3-7-20-21-10-11-22-20)16-9-8-15-12-14-4-1-2-5-17(14)18(15)13-16/h1-2,4-5,8-11,13H,3,6-7,12H2,(H,21,22). The van der Waals surface area contributed by atoms with Gasteiger partial charge in [-0.3, -0.25) is 4.79 Å². The van der Waals surface area contributed by atoms with Crippen molar-refractivity contribution in [1.82, 2.24) is 9.97 Å². The maximum Gasteiger partial charge on any atom is 0.162 e. The number of rotatable bonds is 5. The number of aryl methyl sites for hydroxylation is 1. The second kappa shape index (κ2) is 5.84. The van der Waals surface area contributed by atoms with Gasteiger partial charge in [0.15, 0.2) is 5.78 Å². The molecule has 0 saturated heterocycles. The van der Waals surface area contributed by atoms with Gasteiger partial charge in [-0.25, -0.2) is 4.98 Å². The molecule has 0 aliphatic heterocycles. The molecule has 23 heavy (non-hydrogen) atoms. The summed E-state index contributed by atoms with van der Waals surface area (Å²) < 4.78 is 0. The van der Waals surface area contributed by atoms with E-state index in [9.17, 15) is 4.79 Å². The largest absolute Gasteiger partial charge is 0.349 e. The molecule has 4 rings (SSSR count). The highest BCUT2D eigenvalue weighted by molar-refractivity contribution is 5.98. The first-order valence-electron chi connectivity index (χ1n) is 8.04. The third-order valence-corrected chi connectivity index (χ3v) is 4.49. The summed E-state index contributed by atoms with van der Waals surface area (Å²) >= 11 is 0. The van der Waals surface area contributed by atoms with Gasteiger partial charge >= 0.3 is 0 Å². The van der Waals surface area contributed by atoms with Crippen molar-refractivity contribution in [2.75, 3.05) is 0 Å². The molecule has 3 nitrogen and oxygen atoms in total. The summed E-state index contributed by atoms with van der Waals surface area (Å²) in [7, 11) is 0. The van der Waals surface area contributed by atoms with E-state index in [4.69, 9.17) is 0 Å². The second-order valence-electron chi connectivity index (χ2n) is 6.02. The highest BCUT2D eigenvalue weighted by Gasteiger charge is 2.19. The van der Waals surface area contributed by atoms with Crippen LogP contribution in [0.25, 0.3) is 11.1 Å². The summed E-state index contributed by atoms with van der Waals surface area (Å²) in [6, 6.07) is 14.6. The molecule has 0 spiro atoms. The highest BCUT2D eigenvalue weighted by Crippen LogP contribution is 2.36. The lowest BCUT2D eigenvalue weighted by molar-refractivity contribution is 0.0980. The summed E-state index contributed by atoms with van der Waals surface area (Å²) in [5.41, 5.74) is 5.98. The number of hydrogen-bond donors (Lipinski definition) is 1. The van der Waals surface area contributed by atoms with Crippen LogP contribution in [-0.4, -0.2) is 15.8 Å². The van der Waals surface area contributed by atoms with Gasteiger partial charge in [0, 0.05) is 30.8 Å². The Morgan fingerprint density at radius 1 is 1.09 bits per heavy atom. The van der Waals surface area contributed by atoms with Crippen LogP contribution in [0.4, 0.5) is 0 Å². The molecule has 2 aromatic carbocycles. The maximum atomic E-state index is 12.5. The Morgan fingerprint density at radius 2 is 1.96 bits per heavy atom. The van der Waals surface area contributed by atoms with Crippen molar-refractivity contribution < 1.29 is 4.79 Å². The van der Waals surface area contributed by atoms with E-state index in [1.54, 1.807) is 6.20 Å². The fourth-order valence-corrected chi connectivity index (χ4v) is 3.29. The van der Waals surface area contributed by atoms with Crippen LogP contribution in [0.5, 0.6) is 0 Å². The number of aromatic nitrogens is 2. The SMILES string of the molecule is O=C(CCCc1ncc[nH]1)c1ccc2c(c1)-c1ccccc1C2. The van der Waals surface area contributed by atoms with Crippen LogP contribution in [0.3, 0.4) is 0 Å². The molecule has 1 aromatic heterocycles. The predicted octanol–water partition coefficient (Wildman–Crippen LogP) is 4.19. The van der Waals surface area contributed by atoms with Gasteiger partial charge in [0.05, 0.1) is 0 Å². The van der Waals surface area contributed by atoms with E-state index in [0.29, 0.717) is 6.42 Å². The average molecular weight is 302 g/mol. The van der Waals surface area contributed by atoms with Gasteiger partial charge in [-0.1, -0.05) is 36.4 Å². The van der Waals surface area contributed by atoms with E-state index < -0.39 is 0 Å². The predicted molar refractivity (Wildman–Crippen MR) is 90.5 cm³/mol. The van der Waals surface area contributed by atoms with E-state index in [-0.39, 0.29) is 5.78 Å². The van der Waals surface area contributed by atoms with Crippen molar-refractivity contribution in [2.45, 2.75) is 25.7 Å². The molecule has 114 valence electrons. The normalized spacial score (nSPS) is 12.0. The van der Waals surface area contributed by atoms with Crippen molar-refractivity contribution in [3.63, 3.8) is 0 Å². The molecule has 3 heteroatoms. The zero-order valence-electron chi connectivity index (χ0n) is 12.9. The van der Waals surface area contributed by atoms with Crippen LogP contribution >= 0.6 is 0 Å². The van der Waals surface area contributed by atoms with E-state index in [2.05, 4.69) is 46.4 Å². The summed E-state index contributed by atoms with van der Waals surface area (Å²) in [6.45, 7) is 0. The minimum atomic E-state index is 0.212. The van der Waals surface area contributed by atoms with Gasteiger partial charge in [-0.2, -0.15) is 0 Å². The first-order valence-corrected chi connectivity index (χ1v) is 8.04. The number of hydrogen-bond acceptors (Lipinski definition) is 2. The van der Waals surface area contributed by atoms with Gasteiger partial charge < -0.3 is 4.98 Å². The number of nitrogens with one attached hydrogen (secondary N) is 1. The number of ketones is 1. The fourth-order valence-electron chi connectivity index (χ4n) is 3.29. The number of aromatic amines is 1. The third-order valence-electron chi connectivity index (χ3n) is 4.49. The molecule has 1 N–H and O–H groups in total. The second-order valence-corrected chi connectivity index (χ2v) is 6.02. The minimum absolute atomic E-state index is 0.212. The van der Waals surface area contributed by atoms with Crippen LogP contribution < -0.4 is 0 Å². The van der Waals surface area contributed by atoms with Gasteiger partial charge in [-0.15, -0.1) is 0 Å². The van der Waals surface area contributed by atoms with Crippen molar-refractivity contribution >= 4 is 5.78 Å². The lowest BCUT2D eigenvalue weighted by atomic mass is 9.99. The number of carbonyl (C=O) groups excluding carboxylic acids is 1. The van der Waals surface area contributed by atoms with E-state index in [1.165, 1.54) is 22.3 Å². The molecule has 1 aliphatic carbocycles. The number of H-pyrrole nitrogens is 1. The Hall–Kier alpha value is -2.68. The number of imidazole rings is 1. The molecule has 0 amide bonds. The van der Waals surface area contributed by atoms with Gasteiger partial charge in [0.1, 0.15) is 5.82 Å². The molecule has 0 saturated carbocycles. The third kappa shape index (κ3) is 2.70. The molecule has 3 aromatic rings. The van der Waals surface area contributed by atoms with E-state index in [1.807, 2.05) is 12.3 Å². The summed E-state index contributed by atoms with van der Waals surface area (Å²) in [5, 5.41) is 0. The number of benzene rings is 2. The quantitative estimate of drug-likeness (QED) is 0.562.